The molecule has 3 aliphatic rings. The minimum absolute atomic E-state index is 0.175. The van der Waals surface area contributed by atoms with Gasteiger partial charge in [0, 0.05) is 11.7 Å². The van der Waals surface area contributed by atoms with Gasteiger partial charge in [0.1, 0.15) is 0 Å². The first-order valence-corrected chi connectivity index (χ1v) is 8.84. The maximum Gasteiger partial charge on any atom is 0.240 e. The maximum atomic E-state index is 12.4. The molecule has 3 saturated carbocycles. The molecule has 0 saturated heterocycles. The van der Waals surface area contributed by atoms with E-state index in [4.69, 9.17) is 5.73 Å². The van der Waals surface area contributed by atoms with E-state index in [1.165, 1.54) is 19.3 Å². The number of hydrogen-bond donors (Lipinski definition) is 2. The lowest BCUT2D eigenvalue weighted by Gasteiger charge is -2.12. The summed E-state index contributed by atoms with van der Waals surface area (Å²) in [5.74, 6) is 2.74. The molecule has 3 aliphatic carbocycles. The summed E-state index contributed by atoms with van der Waals surface area (Å²) in [4.78, 5) is 0.290. The van der Waals surface area contributed by atoms with E-state index in [0.717, 1.165) is 17.4 Å². The van der Waals surface area contributed by atoms with Crippen LogP contribution in [0.1, 0.15) is 24.8 Å². The van der Waals surface area contributed by atoms with Crippen molar-refractivity contribution >= 4 is 15.7 Å². The lowest BCUT2D eigenvalue weighted by Crippen LogP contribution is -2.30. The lowest BCUT2D eigenvalue weighted by molar-refractivity contribution is 0.456. The first-order chi connectivity index (χ1) is 9.47. The second-order valence-electron chi connectivity index (χ2n) is 6.65. The third kappa shape index (κ3) is 1.72. The minimum atomic E-state index is -3.43. The summed E-state index contributed by atoms with van der Waals surface area (Å²) in [6.45, 7) is 1.88. The third-order valence-corrected chi connectivity index (χ3v) is 7.04. The number of nitrogens with one attached hydrogen (secondary N) is 1. The Kier molecular flexibility index (Phi) is 2.52. The molecule has 20 heavy (non-hydrogen) atoms. The summed E-state index contributed by atoms with van der Waals surface area (Å²) in [6, 6.07) is 5.14. The standard InChI is InChI=1S/C15H20N2O2S/c1-8-2-5-11(7-12(8)16)20(18,19)17-15-13-9-3-4-10(6-9)14(13)15/h2,5,7,9-10,13-15,17H,3-4,6,16H2,1H3. The van der Waals surface area contributed by atoms with Crippen molar-refractivity contribution in [3.63, 3.8) is 0 Å². The van der Waals surface area contributed by atoms with E-state index >= 15 is 0 Å². The normalized spacial score (nSPS) is 38.0. The second-order valence-corrected chi connectivity index (χ2v) is 8.37. The van der Waals surface area contributed by atoms with Crippen LogP contribution in [-0.4, -0.2) is 14.5 Å². The van der Waals surface area contributed by atoms with Crippen LogP contribution in [0, 0.1) is 30.6 Å². The second kappa shape index (κ2) is 3.98. The van der Waals surface area contributed by atoms with Crippen LogP contribution in [-0.2, 0) is 10.0 Å². The zero-order valence-corrected chi connectivity index (χ0v) is 12.4. The molecule has 4 nitrogen and oxygen atoms in total. The molecule has 1 aromatic rings. The zero-order chi connectivity index (χ0) is 14.1. The molecule has 0 radical (unpaired) electrons. The summed E-state index contributed by atoms with van der Waals surface area (Å²) in [7, 11) is -3.43. The maximum absolute atomic E-state index is 12.4. The average Bonchev–Trinajstić information content (AvgIpc) is 2.81. The van der Waals surface area contributed by atoms with Crippen molar-refractivity contribution < 1.29 is 8.42 Å². The van der Waals surface area contributed by atoms with E-state index in [2.05, 4.69) is 4.72 Å². The van der Waals surface area contributed by atoms with Crippen molar-refractivity contribution in [3.8, 4) is 0 Å². The molecule has 2 bridgehead atoms. The van der Waals surface area contributed by atoms with Crippen LogP contribution in [0.4, 0.5) is 5.69 Å². The van der Waals surface area contributed by atoms with E-state index in [9.17, 15) is 8.42 Å². The summed E-state index contributed by atoms with van der Waals surface area (Å²) in [5.41, 5.74) is 7.26. The zero-order valence-electron chi connectivity index (χ0n) is 11.5. The van der Waals surface area contributed by atoms with Gasteiger partial charge < -0.3 is 5.73 Å². The number of benzene rings is 1. The Morgan fingerprint density at radius 3 is 2.45 bits per heavy atom. The van der Waals surface area contributed by atoms with Crippen LogP contribution in [0.15, 0.2) is 23.1 Å². The van der Waals surface area contributed by atoms with Gasteiger partial charge in [-0.15, -0.1) is 0 Å². The van der Waals surface area contributed by atoms with Crippen LogP contribution in [0.2, 0.25) is 0 Å². The Balaban J connectivity index is 1.55. The van der Waals surface area contributed by atoms with Crippen molar-refractivity contribution in [1.29, 1.82) is 0 Å². The van der Waals surface area contributed by atoms with E-state index in [0.29, 0.717) is 17.5 Å². The summed E-state index contributed by atoms with van der Waals surface area (Å²) in [6.07, 6.45) is 3.91. The number of hydrogen-bond acceptors (Lipinski definition) is 3. The molecule has 1 aromatic carbocycles. The van der Waals surface area contributed by atoms with E-state index < -0.39 is 10.0 Å². The highest BCUT2D eigenvalue weighted by atomic mass is 32.2. The molecule has 3 N–H and O–H groups in total. The summed E-state index contributed by atoms with van der Waals surface area (Å²) >= 11 is 0. The van der Waals surface area contributed by atoms with Gasteiger partial charge in [-0.1, -0.05) is 6.07 Å². The molecule has 0 spiro atoms. The van der Waals surface area contributed by atoms with Crippen LogP contribution in [0.25, 0.3) is 0 Å². The molecule has 4 rings (SSSR count). The van der Waals surface area contributed by atoms with Crippen molar-refractivity contribution in [1.82, 2.24) is 4.72 Å². The molecule has 4 atom stereocenters. The number of aryl methyl sites for hydroxylation is 1. The molecule has 0 heterocycles. The topological polar surface area (TPSA) is 72.2 Å². The van der Waals surface area contributed by atoms with Gasteiger partial charge >= 0.3 is 0 Å². The smallest absolute Gasteiger partial charge is 0.240 e. The molecule has 3 fully saturated rings. The van der Waals surface area contributed by atoms with Gasteiger partial charge in [0.05, 0.1) is 4.90 Å². The molecule has 0 aromatic heterocycles. The Labute approximate surface area is 119 Å². The largest absolute Gasteiger partial charge is 0.398 e. The van der Waals surface area contributed by atoms with Gasteiger partial charge in [-0.05, 0) is 67.6 Å². The van der Waals surface area contributed by atoms with Crippen molar-refractivity contribution in [2.75, 3.05) is 5.73 Å². The number of anilines is 1. The molecule has 108 valence electrons. The fourth-order valence-corrected chi connectivity index (χ4v) is 5.85. The quantitative estimate of drug-likeness (QED) is 0.836. The average molecular weight is 292 g/mol. The van der Waals surface area contributed by atoms with Crippen molar-refractivity contribution in [3.05, 3.63) is 23.8 Å². The lowest BCUT2D eigenvalue weighted by atomic mass is 10.0. The van der Waals surface area contributed by atoms with Crippen molar-refractivity contribution in [2.45, 2.75) is 37.1 Å². The van der Waals surface area contributed by atoms with Gasteiger partial charge in [0.2, 0.25) is 10.0 Å². The molecular weight excluding hydrogens is 272 g/mol. The number of sulfonamides is 1. The fraction of sp³-hybridized carbons (Fsp3) is 0.600. The third-order valence-electron chi connectivity index (χ3n) is 5.59. The molecule has 0 aliphatic heterocycles. The Morgan fingerprint density at radius 1 is 1.20 bits per heavy atom. The Morgan fingerprint density at radius 2 is 1.85 bits per heavy atom. The van der Waals surface area contributed by atoms with Gasteiger partial charge in [0.15, 0.2) is 0 Å². The van der Waals surface area contributed by atoms with Crippen LogP contribution in [0.5, 0.6) is 0 Å². The van der Waals surface area contributed by atoms with E-state index in [-0.39, 0.29) is 10.9 Å². The Hall–Kier alpha value is -1.07. The monoisotopic (exact) mass is 292 g/mol. The van der Waals surface area contributed by atoms with Gasteiger partial charge in [-0.25, -0.2) is 13.1 Å². The van der Waals surface area contributed by atoms with Crippen LogP contribution < -0.4 is 10.5 Å². The van der Waals surface area contributed by atoms with E-state index in [1.807, 2.05) is 6.92 Å². The molecule has 0 amide bonds. The van der Waals surface area contributed by atoms with Crippen molar-refractivity contribution in [2.24, 2.45) is 23.7 Å². The predicted octanol–water partition coefficient (Wildman–Crippen LogP) is 1.90. The molecular formula is C15H20N2O2S. The highest BCUT2D eigenvalue weighted by Gasteiger charge is 2.65. The minimum Gasteiger partial charge on any atom is -0.398 e. The van der Waals surface area contributed by atoms with Gasteiger partial charge in [-0.3, -0.25) is 0 Å². The highest BCUT2D eigenvalue weighted by Crippen LogP contribution is 2.65. The highest BCUT2D eigenvalue weighted by molar-refractivity contribution is 7.89. The van der Waals surface area contributed by atoms with Gasteiger partial charge in [-0.2, -0.15) is 0 Å². The molecule has 5 heteroatoms. The number of rotatable bonds is 3. The number of nitrogens with two attached hydrogens (primary N) is 1. The Bertz CT molecular complexity index is 654. The van der Waals surface area contributed by atoms with Gasteiger partial charge in [0.25, 0.3) is 0 Å². The first kappa shape index (κ1) is 12.7. The van der Waals surface area contributed by atoms with Crippen LogP contribution >= 0.6 is 0 Å². The van der Waals surface area contributed by atoms with E-state index in [1.54, 1.807) is 18.2 Å². The predicted molar refractivity (Wildman–Crippen MR) is 77.5 cm³/mol. The molecule has 4 unspecified atom stereocenters. The summed E-state index contributed by atoms with van der Waals surface area (Å²) < 4.78 is 27.8. The number of nitrogen functional groups attached to an aromatic ring is 1. The summed E-state index contributed by atoms with van der Waals surface area (Å²) in [5, 5.41) is 0. The fourth-order valence-electron chi connectivity index (χ4n) is 4.52. The number of fused-ring (bicyclic) bond motifs is 5. The van der Waals surface area contributed by atoms with Crippen LogP contribution in [0.3, 0.4) is 0 Å². The SMILES string of the molecule is Cc1ccc(S(=O)(=O)NC2C3C4CCC(C4)C23)cc1N. The first-order valence-electron chi connectivity index (χ1n) is 7.36.